The number of amides is 1. The molecule has 0 N–H and O–H groups in total. The first-order valence-electron chi connectivity index (χ1n) is 10.3. The number of esters is 1. The van der Waals surface area contributed by atoms with Gasteiger partial charge in [0.05, 0.1) is 18.6 Å². The average Bonchev–Trinajstić information content (AvgIpc) is 2.99. The zero-order chi connectivity index (χ0) is 19.7. The van der Waals surface area contributed by atoms with Crippen LogP contribution in [0.3, 0.4) is 0 Å². The number of morpholine rings is 1. The van der Waals surface area contributed by atoms with Crippen molar-refractivity contribution in [3.8, 4) is 0 Å². The van der Waals surface area contributed by atoms with E-state index >= 15 is 0 Å². The molecule has 0 radical (unpaired) electrons. The Morgan fingerprint density at radius 1 is 1.14 bits per heavy atom. The van der Waals surface area contributed by atoms with Gasteiger partial charge in [-0.15, -0.1) is 0 Å². The highest BCUT2D eigenvalue weighted by atomic mass is 16.6. The van der Waals surface area contributed by atoms with Gasteiger partial charge in [-0.05, 0) is 38.3 Å². The number of aryl methyl sites for hydroxylation is 2. The highest BCUT2D eigenvalue weighted by Gasteiger charge is 2.51. The lowest BCUT2D eigenvalue weighted by molar-refractivity contribution is -0.151. The molecular weight excluding hydrogens is 356 g/mol. The Morgan fingerprint density at radius 3 is 2.57 bits per heavy atom. The van der Waals surface area contributed by atoms with E-state index < -0.39 is 5.41 Å². The molecule has 1 spiro atoms. The van der Waals surface area contributed by atoms with Crippen LogP contribution in [0, 0.1) is 19.3 Å². The summed E-state index contributed by atoms with van der Waals surface area (Å²) in [4.78, 5) is 29.9. The molecule has 0 saturated carbocycles. The van der Waals surface area contributed by atoms with Gasteiger partial charge >= 0.3 is 5.97 Å². The number of hydrogen-bond donors (Lipinski definition) is 0. The highest BCUT2D eigenvalue weighted by molar-refractivity contribution is 5.96. The minimum absolute atomic E-state index is 0.0353. The molecule has 0 bridgehead atoms. The Hall–Kier alpha value is -1.92. The maximum absolute atomic E-state index is 13.0. The fourth-order valence-electron chi connectivity index (χ4n) is 4.69. The second kappa shape index (κ2) is 7.84. The van der Waals surface area contributed by atoms with Gasteiger partial charge in [-0.3, -0.25) is 14.5 Å². The van der Waals surface area contributed by atoms with E-state index in [1.807, 2.05) is 36.9 Å². The Morgan fingerprint density at radius 2 is 1.86 bits per heavy atom. The molecule has 1 amide bonds. The molecule has 3 aliphatic heterocycles. The van der Waals surface area contributed by atoms with Crippen molar-refractivity contribution in [2.75, 3.05) is 45.9 Å². The molecule has 3 saturated heterocycles. The summed E-state index contributed by atoms with van der Waals surface area (Å²) in [6, 6.07) is 5.99. The van der Waals surface area contributed by atoms with Crippen LogP contribution in [-0.2, 0) is 14.3 Å². The average molecular weight is 386 g/mol. The van der Waals surface area contributed by atoms with Crippen molar-refractivity contribution in [2.45, 2.75) is 39.2 Å². The summed E-state index contributed by atoms with van der Waals surface area (Å²) >= 11 is 0. The number of carbonyl (C=O) groups is 2. The molecule has 6 heteroatoms. The fraction of sp³-hybridized carbons (Fsp3) is 0.636. The number of carbonyl (C=O) groups excluding carboxylic acids is 2. The van der Waals surface area contributed by atoms with Crippen molar-refractivity contribution >= 4 is 11.9 Å². The van der Waals surface area contributed by atoms with Gasteiger partial charge in [0.2, 0.25) is 0 Å². The zero-order valence-corrected chi connectivity index (χ0v) is 16.9. The Labute approximate surface area is 166 Å². The van der Waals surface area contributed by atoms with Crippen LogP contribution in [0.1, 0.15) is 40.7 Å². The molecule has 4 rings (SSSR count). The normalized spacial score (nSPS) is 25.1. The lowest BCUT2D eigenvalue weighted by atomic mass is 9.76. The topological polar surface area (TPSA) is 59.1 Å². The summed E-state index contributed by atoms with van der Waals surface area (Å²) in [6.07, 6.45) is 2.13. The molecule has 1 aromatic rings. The van der Waals surface area contributed by atoms with Crippen LogP contribution >= 0.6 is 0 Å². The predicted octanol–water partition coefficient (Wildman–Crippen LogP) is 2.17. The van der Waals surface area contributed by atoms with Gasteiger partial charge in [0.1, 0.15) is 6.10 Å². The maximum atomic E-state index is 13.0. The summed E-state index contributed by atoms with van der Waals surface area (Å²) < 4.78 is 11.1. The number of cyclic esters (lactones) is 1. The Balaban J connectivity index is 1.37. The van der Waals surface area contributed by atoms with Gasteiger partial charge in [0.25, 0.3) is 5.91 Å². The molecule has 1 aromatic carbocycles. The number of nitrogens with zero attached hydrogens (tertiary/aromatic N) is 2. The molecule has 1 unspecified atom stereocenters. The Bertz CT molecular complexity index is 749. The summed E-state index contributed by atoms with van der Waals surface area (Å²) in [7, 11) is 0. The smallest absolute Gasteiger partial charge is 0.312 e. The number of rotatable bonds is 3. The van der Waals surface area contributed by atoms with E-state index in [0.717, 1.165) is 56.0 Å². The molecule has 3 fully saturated rings. The molecule has 0 aliphatic carbocycles. The second-order valence-electron chi connectivity index (χ2n) is 8.54. The molecule has 3 heterocycles. The largest absolute Gasteiger partial charge is 0.461 e. The number of piperidine rings is 1. The van der Waals surface area contributed by atoms with Crippen LogP contribution in [0.4, 0.5) is 0 Å². The van der Waals surface area contributed by atoms with E-state index in [1.165, 1.54) is 0 Å². The van der Waals surface area contributed by atoms with E-state index in [2.05, 4.69) is 4.90 Å². The lowest BCUT2D eigenvalue weighted by Crippen LogP contribution is -2.45. The van der Waals surface area contributed by atoms with E-state index in [-0.39, 0.29) is 18.0 Å². The first kappa shape index (κ1) is 19.4. The van der Waals surface area contributed by atoms with Gasteiger partial charge in [0.15, 0.2) is 0 Å². The molecule has 0 aromatic heterocycles. The summed E-state index contributed by atoms with van der Waals surface area (Å²) in [5.74, 6) is 0.0110. The van der Waals surface area contributed by atoms with E-state index in [9.17, 15) is 9.59 Å². The number of ether oxygens (including phenoxy) is 2. The summed E-state index contributed by atoms with van der Waals surface area (Å²) in [5.41, 5.74) is 2.46. The van der Waals surface area contributed by atoms with Crippen molar-refractivity contribution in [2.24, 2.45) is 5.41 Å². The SMILES string of the molecule is Cc1ccc(C)c(C(=O)N2CCC3(CC2)CC(CN2CCOCC2)OC3=O)c1. The second-order valence-corrected chi connectivity index (χ2v) is 8.54. The highest BCUT2D eigenvalue weighted by Crippen LogP contribution is 2.43. The van der Waals surface area contributed by atoms with Crippen LogP contribution in [0.15, 0.2) is 18.2 Å². The van der Waals surface area contributed by atoms with Gasteiger partial charge in [-0.2, -0.15) is 0 Å². The first-order chi connectivity index (χ1) is 13.5. The van der Waals surface area contributed by atoms with Crippen LogP contribution in [-0.4, -0.2) is 73.7 Å². The summed E-state index contributed by atoms with van der Waals surface area (Å²) in [5, 5.41) is 0. The van der Waals surface area contributed by atoms with E-state index in [4.69, 9.17) is 9.47 Å². The molecule has 6 nitrogen and oxygen atoms in total. The molecule has 28 heavy (non-hydrogen) atoms. The van der Waals surface area contributed by atoms with E-state index in [1.54, 1.807) is 0 Å². The third-order valence-corrected chi connectivity index (χ3v) is 6.52. The molecule has 1 atom stereocenters. The number of likely N-dealkylation sites (tertiary alicyclic amines) is 1. The fourth-order valence-corrected chi connectivity index (χ4v) is 4.69. The van der Waals surface area contributed by atoms with Gasteiger partial charge < -0.3 is 14.4 Å². The zero-order valence-electron chi connectivity index (χ0n) is 16.9. The van der Waals surface area contributed by atoms with E-state index in [0.29, 0.717) is 25.9 Å². The quantitative estimate of drug-likeness (QED) is 0.745. The minimum Gasteiger partial charge on any atom is -0.461 e. The van der Waals surface area contributed by atoms with Crippen molar-refractivity contribution in [1.29, 1.82) is 0 Å². The van der Waals surface area contributed by atoms with Gasteiger partial charge in [-0.25, -0.2) is 0 Å². The third kappa shape index (κ3) is 3.80. The summed E-state index contributed by atoms with van der Waals surface area (Å²) in [6.45, 7) is 9.31. The molecule has 3 aliphatic rings. The van der Waals surface area contributed by atoms with Gasteiger partial charge in [0, 0.05) is 44.7 Å². The van der Waals surface area contributed by atoms with Crippen molar-refractivity contribution in [3.63, 3.8) is 0 Å². The van der Waals surface area contributed by atoms with Crippen molar-refractivity contribution in [3.05, 3.63) is 34.9 Å². The predicted molar refractivity (Wildman–Crippen MR) is 105 cm³/mol. The van der Waals surface area contributed by atoms with Crippen molar-refractivity contribution < 1.29 is 19.1 Å². The van der Waals surface area contributed by atoms with Gasteiger partial charge in [-0.1, -0.05) is 17.7 Å². The minimum atomic E-state index is -0.407. The van der Waals surface area contributed by atoms with Crippen LogP contribution in [0.25, 0.3) is 0 Å². The monoisotopic (exact) mass is 386 g/mol. The van der Waals surface area contributed by atoms with Crippen molar-refractivity contribution in [1.82, 2.24) is 9.80 Å². The Kier molecular flexibility index (Phi) is 5.43. The standard InChI is InChI=1S/C22H30N2O4/c1-16-3-4-17(2)19(13-16)20(25)24-7-5-22(6-8-24)14-18(28-21(22)26)15-23-9-11-27-12-10-23/h3-4,13,18H,5-12,14-15H2,1-2H3. The molecular formula is C22H30N2O4. The first-order valence-corrected chi connectivity index (χ1v) is 10.3. The molecule has 152 valence electrons. The van der Waals surface area contributed by atoms with Crippen LogP contribution in [0.2, 0.25) is 0 Å². The number of benzene rings is 1. The maximum Gasteiger partial charge on any atom is 0.312 e. The number of hydrogen-bond acceptors (Lipinski definition) is 5. The van der Waals surface area contributed by atoms with Crippen LogP contribution < -0.4 is 0 Å². The van der Waals surface area contributed by atoms with Crippen LogP contribution in [0.5, 0.6) is 0 Å². The third-order valence-electron chi connectivity index (χ3n) is 6.52. The lowest BCUT2D eigenvalue weighted by Gasteiger charge is -2.37.